The van der Waals surface area contributed by atoms with E-state index in [1.807, 2.05) is 0 Å². The van der Waals surface area contributed by atoms with E-state index in [9.17, 15) is 4.79 Å². The highest BCUT2D eigenvalue weighted by molar-refractivity contribution is 5.82. The Bertz CT molecular complexity index is 406. The second-order valence-corrected chi connectivity index (χ2v) is 4.71. The van der Waals surface area contributed by atoms with Crippen LogP contribution in [0.2, 0.25) is 0 Å². The highest BCUT2D eigenvalue weighted by Crippen LogP contribution is 2.49. The number of hydrogen-bond donors (Lipinski definition) is 0. The van der Waals surface area contributed by atoms with Crippen LogP contribution in [0.25, 0.3) is 0 Å². The van der Waals surface area contributed by atoms with Gasteiger partial charge in [0, 0.05) is 12.8 Å². The fourth-order valence-electron chi connectivity index (χ4n) is 3.04. The van der Waals surface area contributed by atoms with Crippen LogP contribution in [0.1, 0.15) is 47.8 Å². The molecule has 1 fully saturated rings. The third kappa shape index (κ3) is 1.05. The molecule has 2 aliphatic rings. The molecule has 3 rings (SSSR count). The first kappa shape index (κ1) is 8.22. The highest BCUT2D eigenvalue weighted by Gasteiger charge is 2.37. The molecular formula is C13H14O. The smallest absolute Gasteiger partial charge is 0.134 e. The lowest BCUT2D eigenvalue weighted by Gasteiger charge is -2.17. The zero-order valence-electron chi connectivity index (χ0n) is 8.42. The molecule has 0 amide bonds. The molecule has 14 heavy (non-hydrogen) atoms. The molecule has 0 spiro atoms. The van der Waals surface area contributed by atoms with Crippen molar-refractivity contribution in [3.63, 3.8) is 0 Å². The molecule has 1 nitrogen and oxygen atoms in total. The molecule has 2 atom stereocenters. The van der Waals surface area contributed by atoms with Gasteiger partial charge in [0.05, 0.1) is 0 Å². The topological polar surface area (TPSA) is 17.1 Å². The molecule has 0 aromatic heterocycles. The van der Waals surface area contributed by atoms with Gasteiger partial charge in [0.1, 0.15) is 5.78 Å². The number of rotatable bonds is 0. The number of fused-ring (bicyclic) bond motifs is 5. The maximum absolute atomic E-state index is 11.5. The van der Waals surface area contributed by atoms with Crippen LogP contribution in [0.3, 0.4) is 0 Å². The molecule has 1 heteroatoms. The molecule has 1 saturated carbocycles. The molecule has 2 aliphatic carbocycles. The van der Waals surface area contributed by atoms with E-state index in [2.05, 4.69) is 25.1 Å². The minimum absolute atomic E-state index is 0.458. The quantitative estimate of drug-likeness (QED) is 0.609. The molecule has 0 saturated heterocycles. The molecule has 0 aliphatic heterocycles. The van der Waals surface area contributed by atoms with E-state index in [1.54, 1.807) is 0 Å². The van der Waals surface area contributed by atoms with Crippen molar-refractivity contribution < 1.29 is 4.79 Å². The molecule has 1 aromatic rings. The molecule has 2 bridgehead atoms. The summed E-state index contributed by atoms with van der Waals surface area (Å²) < 4.78 is 0. The number of carbonyl (C=O) groups is 1. The van der Waals surface area contributed by atoms with Crippen LogP contribution in [0, 0.1) is 6.92 Å². The van der Waals surface area contributed by atoms with Gasteiger partial charge >= 0.3 is 0 Å². The lowest BCUT2D eigenvalue weighted by molar-refractivity contribution is -0.120. The number of hydrogen-bond acceptors (Lipinski definition) is 1. The van der Waals surface area contributed by atoms with E-state index in [1.165, 1.54) is 23.1 Å². The summed E-state index contributed by atoms with van der Waals surface area (Å²) in [6, 6.07) is 6.68. The van der Waals surface area contributed by atoms with Crippen molar-refractivity contribution in [2.45, 2.75) is 38.0 Å². The second kappa shape index (κ2) is 2.69. The van der Waals surface area contributed by atoms with Crippen molar-refractivity contribution in [2.75, 3.05) is 0 Å². The van der Waals surface area contributed by atoms with Gasteiger partial charge in [0.15, 0.2) is 0 Å². The first-order valence-electron chi connectivity index (χ1n) is 5.36. The van der Waals surface area contributed by atoms with Crippen LogP contribution >= 0.6 is 0 Å². The summed E-state index contributed by atoms with van der Waals surface area (Å²) in [5, 5.41) is 0. The van der Waals surface area contributed by atoms with E-state index in [4.69, 9.17) is 0 Å². The Hall–Kier alpha value is -1.11. The maximum Gasteiger partial charge on any atom is 0.134 e. The van der Waals surface area contributed by atoms with Crippen LogP contribution in [0.4, 0.5) is 0 Å². The maximum atomic E-state index is 11.5. The molecule has 0 heterocycles. The first-order valence-corrected chi connectivity index (χ1v) is 5.36. The summed E-state index contributed by atoms with van der Waals surface area (Å²) in [6.07, 6.45) is 2.78. The van der Waals surface area contributed by atoms with Gasteiger partial charge in [-0.25, -0.2) is 0 Å². The van der Waals surface area contributed by atoms with Crippen LogP contribution < -0.4 is 0 Å². The number of carbonyl (C=O) groups excluding carboxylic acids is 1. The summed E-state index contributed by atoms with van der Waals surface area (Å²) >= 11 is 0. The van der Waals surface area contributed by atoms with Crippen molar-refractivity contribution in [1.29, 1.82) is 0 Å². The van der Waals surface area contributed by atoms with Crippen molar-refractivity contribution in [3.05, 3.63) is 34.9 Å². The normalized spacial score (nSPS) is 29.1. The molecule has 1 aromatic carbocycles. The average molecular weight is 186 g/mol. The zero-order chi connectivity index (χ0) is 9.71. The Labute approximate surface area is 84.1 Å². The van der Waals surface area contributed by atoms with Crippen LogP contribution in [-0.2, 0) is 4.79 Å². The van der Waals surface area contributed by atoms with Gasteiger partial charge in [-0.05, 0) is 36.3 Å². The van der Waals surface area contributed by atoms with Crippen molar-refractivity contribution in [2.24, 2.45) is 0 Å². The summed E-state index contributed by atoms with van der Waals surface area (Å²) in [4.78, 5) is 11.5. The Morgan fingerprint density at radius 3 is 2.64 bits per heavy atom. The number of Topliss-reactive ketones (excluding diaryl/α,β-unsaturated/α-hetero) is 1. The van der Waals surface area contributed by atoms with Gasteiger partial charge < -0.3 is 0 Å². The van der Waals surface area contributed by atoms with Crippen LogP contribution in [0.5, 0.6) is 0 Å². The summed E-state index contributed by atoms with van der Waals surface area (Å²) in [6.45, 7) is 2.13. The predicted molar refractivity (Wildman–Crippen MR) is 55.5 cm³/mol. The monoisotopic (exact) mass is 186 g/mol. The second-order valence-electron chi connectivity index (χ2n) is 4.71. The molecular weight excluding hydrogens is 172 g/mol. The van der Waals surface area contributed by atoms with E-state index in [0.717, 1.165) is 12.8 Å². The molecule has 2 unspecified atom stereocenters. The lowest BCUT2D eigenvalue weighted by Crippen LogP contribution is -2.12. The van der Waals surface area contributed by atoms with Gasteiger partial charge in [-0.3, -0.25) is 4.79 Å². The van der Waals surface area contributed by atoms with Gasteiger partial charge in [0.25, 0.3) is 0 Å². The SMILES string of the molecule is Cc1ccc2c(c1)C1CC(=O)CC2C1. The zero-order valence-corrected chi connectivity index (χ0v) is 8.42. The van der Waals surface area contributed by atoms with Gasteiger partial charge in [0.2, 0.25) is 0 Å². The minimum Gasteiger partial charge on any atom is -0.300 e. The van der Waals surface area contributed by atoms with Gasteiger partial charge in [-0.1, -0.05) is 23.8 Å². The average Bonchev–Trinajstić information content (AvgIpc) is 2.39. The van der Waals surface area contributed by atoms with Gasteiger partial charge in [-0.15, -0.1) is 0 Å². The Kier molecular flexibility index (Phi) is 1.58. The standard InChI is InChI=1S/C13H14O/c1-8-2-3-12-9-5-10(13(12)4-8)7-11(14)6-9/h2-4,9-10H,5-7H2,1H3. The van der Waals surface area contributed by atoms with E-state index in [-0.39, 0.29) is 0 Å². The van der Waals surface area contributed by atoms with Crippen molar-refractivity contribution >= 4 is 5.78 Å². The van der Waals surface area contributed by atoms with Crippen LogP contribution in [0.15, 0.2) is 18.2 Å². The van der Waals surface area contributed by atoms with E-state index in [0.29, 0.717) is 17.6 Å². The third-order valence-electron chi connectivity index (χ3n) is 3.64. The largest absolute Gasteiger partial charge is 0.300 e. The highest BCUT2D eigenvalue weighted by atomic mass is 16.1. The molecule has 72 valence electrons. The first-order chi connectivity index (χ1) is 6.74. The van der Waals surface area contributed by atoms with E-state index < -0.39 is 0 Å². The number of ketones is 1. The van der Waals surface area contributed by atoms with E-state index >= 15 is 0 Å². The minimum atomic E-state index is 0.458. The summed E-state index contributed by atoms with van der Waals surface area (Å²) in [5.74, 6) is 1.54. The number of benzene rings is 1. The van der Waals surface area contributed by atoms with Crippen LogP contribution in [-0.4, -0.2) is 5.78 Å². The summed E-state index contributed by atoms with van der Waals surface area (Å²) in [7, 11) is 0. The number of aryl methyl sites for hydroxylation is 1. The van der Waals surface area contributed by atoms with Crippen molar-refractivity contribution in [3.8, 4) is 0 Å². The lowest BCUT2D eigenvalue weighted by atomic mass is 9.86. The van der Waals surface area contributed by atoms with Crippen molar-refractivity contribution in [1.82, 2.24) is 0 Å². The fraction of sp³-hybridized carbons (Fsp3) is 0.462. The Morgan fingerprint density at radius 1 is 1.14 bits per heavy atom. The third-order valence-corrected chi connectivity index (χ3v) is 3.64. The predicted octanol–water partition coefficient (Wildman–Crippen LogP) is 2.93. The molecule has 0 radical (unpaired) electrons. The van der Waals surface area contributed by atoms with Gasteiger partial charge in [-0.2, -0.15) is 0 Å². The Morgan fingerprint density at radius 2 is 1.86 bits per heavy atom. The fourth-order valence-corrected chi connectivity index (χ4v) is 3.04. The Balaban J connectivity index is 2.13. The summed E-state index contributed by atoms with van der Waals surface area (Å²) in [5.41, 5.74) is 4.23. The molecule has 0 N–H and O–H groups in total.